The average Bonchev–Trinajstić information content (AvgIpc) is 3.09. The van der Waals surface area contributed by atoms with Crippen molar-refractivity contribution in [1.82, 2.24) is 10.6 Å². The zero-order valence-corrected chi connectivity index (χ0v) is 29.3. The Bertz CT molecular complexity index is 1510. The molecule has 64 heavy (non-hydrogen) atoms. The summed E-state index contributed by atoms with van der Waals surface area (Å²) in [6.07, 6.45) is -19.7. The van der Waals surface area contributed by atoms with E-state index in [1.807, 2.05) is 0 Å². The van der Waals surface area contributed by atoms with Crippen molar-refractivity contribution in [3.05, 3.63) is 0 Å². The lowest BCUT2D eigenvalue weighted by Crippen LogP contribution is -2.75. The number of carbonyl (C=O) groups excluding carboxylic acids is 2. The largest absolute Gasteiger partial charge is 0.460 e. The Morgan fingerprint density at radius 3 is 0.578 bits per heavy atom. The lowest BCUT2D eigenvalue weighted by molar-refractivity contribution is -0.459. The predicted molar refractivity (Wildman–Crippen MR) is 135 cm³/mol. The van der Waals surface area contributed by atoms with Crippen LogP contribution in [0, 0.1) is 0 Å². The first kappa shape index (κ1) is 60.6. The van der Waals surface area contributed by atoms with E-state index in [0.29, 0.717) is 10.6 Å². The summed E-state index contributed by atoms with van der Waals surface area (Å²) in [6.45, 7) is -2.95. The first-order chi connectivity index (χ1) is 27.5. The second kappa shape index (κ2) is 17.3. The molecule has 0 bridgehead atoms. The Morgan fingerprint density at radius 2 is 0.391 bits per heavy atom. The number of hydrogen-bond donors (Lipinski definition) is 2. The van der Waals surface area contributed by atoms with Gasteiger partial charge in [0, 0.05) is 13.1 Å². The van der Waals surface area contributed by atoms with E-state index < -0.39 is 159 Å². The monoisotopic (exact) mass is 1040 g/mol. The van der Waals surface area contributed by atoms with Gasteiger partial charge in [0.1, 0.15) is 0 Å². The Balaban J connectivity index is 5.53. The van der Waals surface area contributed by atoms with Crippen molar-refractivity contribution in [1.29, 1.82) is 0 Å². The zero-order chi connectivity index (χ0) is 52.2. The maximum Gasteiger partial charge on any atom is 0.460 e. The van der Waals surface area contributed by atoms with Crippen molar-refractivity contribution < 1.29 is 159 Å². The molecule has 0 atom stereocenters. The summed E-state index contributed by atoms with van der Waals surface area (Å²) in [5.41, 5.74) is 0. The molecule has 0 aliphatic carbocycles. The predicted octanol–water partition coefficient (Wildman–Crippen LogP) is 11.6. The van der Waals surface area contributed by atoms with Crippen LogP contribution in [0.3, 0.4) is 0 Å². The Morgan fingerprint density at radius 1 is 0.234 bits per heavy atom. The van der Waals surface area contributed by atoms with Crippen molar-refractivity contribution in [3.63, 3.8) is 0 Å². The van der Waals surface area contributed by atoms with Gasteiger partial charge in [0.05, 0.1) is 0 Å². The second-order valence-electron chi connectivity index (χ2n) is 12.7. The van der Waals surface area contributed by atoms with E-state index in [0.717, 1.165) is 0 Å². The smallest absolute Gasteiger partial charge is 0.351 e. The van der Waals surface area contributed by atoms with E-state index in [1.54, 1.807) is 0 Å². The number of halogens is 34. The summed E-state index contributed by atoms with van der Waals surface area (Å²) in [6, 6.07) is 0. The average molecular weight is 1040 g/mol. The number of rotatable bonds is 23. The molecule has 0 rings (SSSR count). The first-order valence-electron chi connectivity index (χ1n) is 15.5. The molecule has 0 radical (unpaired) electrons. The van der Waals surface area contributed by atoms with Gasteiger partial charge in [-0.05, 0) is 12.8 Å². The van der Waals surface area contributed by atoms with Crippen LogP contribution in [0.4, 0.5) is 149 Å². The number of alkyl halides is 34. The Labute approximate surface area is 329 Å². The maximum atomic E-state index is 13.9. The van der Waals surface area contributed by atoms with Crippen LogP contribution >= 0.6 is 0 Å². The molecule has 0 aliphatic rings. The highest BCUT2D eigenvalue weighted by molar-refractivity contribution is 5.85. The molecule has 382 valence electrons. The molecule has 38 heteroatoms. The highest BCUT2D eigenvalue weighted by atomic mass is 19.4. The highest BCUT2D eigenvalue weighted by Gasteiger charge is 2.97. The molecule has 0 aliphatic heterocycles. The van der Waals surface area contributed by atoms with Gasteiger partial charge in [-0.25, -0.2) is 0 Å². The Hall–Kier alpha value is -3.44. The van der Waals surface area contributed by atoms with Crippen molar-refractivity contribution in [2.75, 3.05) is 13.1 Å². The number of amides is 2. The third-order valence-electron chi connectivity index (χ3n) is 8.19. The van der Waals surface area contributed by atoms with Gasteiger partial charge < -0.3 is 10.6 Å². The Kier molecular flexibility index (Phi) is 16.4. The van der Waals surface area contributed by atoms with Crippen molar-refractivity contribution in [2.24, 2.45) is 0 Å². The summed E-state index contributed by atoms with van der Waals surface area (Å²) < 4.78 is 452. The molecule has 0 saturated carbocycles. The minimum Gasteiger partial charge on any atom is -0.351 e. The number of hydrogen-bond acceptors (Lipinski definition) is 2. The molecule has 0 heterocycles. The van der Waals surface area contributed by atoms with Gasteiger partial charge in [0.25, 0.3) is 11.8 Å². The molecular formula is C26H18F34N2O2. The van der Waals surface area contributed by atoms with Crippen LogP contribution in [-0.4, -0.2) is 120 Å². The van der Waals surface area contributed by atoms with E-state index in [1.165, 1.54) is 0 Å². The summed E-state index contributed by atoms with van der Waals surface area (Å²) in [7, 11) is 0. The number of nitrogens with one attached hydrogen (secondary N) is 2. The fraction of sp³-hybridized carbons (Fsp3) is 0.923. The van der Waals surface area contributed by atoms with E-state index >= 15 is 0 Å². The molecule has 4 nitrogen and oxygen atoms in total. The summed E-state index contributed by atoms with van der Waals surface area (Å²) in [5, 5.41) is 1.15. The fourth-order valence-electron chi connectivity index (χ4n) is 4.20. The lowest BCUT2D eigenvalue weighted by atomic mass is 9.89. The third kappa shape index (κ3) is 8.91. The third-order valence-corrected chi connectivity index (χ3v) is 8.19. The zero-order valence-electron chi connectivity index (χ0n) is 29.3. The van der Waals surface area contributed by atoms with Crippen LogP contribution < -0.4 is 10.6 Å². The second-order valence-corrected chi connectivity index (χ2v) is 12.7. The van der Waals surface area contributed by atoms with Gasteiger partial charge >= 0.3 is 95.3 Å². The molecule has 0 fully saturated rings. The summed E-state index contributed by atoms with van der Waals surface area (Å²) >= 11 is 0. The highest BCUT2D eigenvalue weighted by Crippen LogP contribution is 2.66. The van der Waals surface area contributed by atoms with Crippen LogP contribution in [0.15, 0.2) is 0 Å². The van der Waals surface area contributed by atoms with E-state index in [9.17, 15) is 159 Å². The number of carbonyl (C=O) groups is 2. The van der Waals surface area contributed by atoms with E-state index in [2.05, 4.69) is 0 Å². The van der Waals surface area contributed by atoms with Gasteiger partial charge in [0.15, 0.2) is 0 Å². The maximum absolute atomic E-state index is 13.9. The molecule has 0 unspecified atom stereocenters. The van der Waals surface area contributed by atoms with Crippen molar-refractivity contribution >= 4 is 11.8 Å². The molecular weight excluding hydrogens is 1020 g/mol. The van der Waals surface area contributed by atoms with Crippen LogP contribution in [-0.2, 0) is 9.59 Å². The van der Waals surface area contributed by atoms with Gasteiger partial charge in [0.2, 0.25) is 0 Å². The van der Waals surface area contributed by atoms with Gasteiger partial charge in [-0.15, -0.1) is 0 Å². The molecule has 2 amide bonds. The SMILES string of the molecule is O=C(NCCCCCCCCNC(=O)C(F)(F)C(F)(F)C(F)(F)C(F)(F)C(F)(F)C(F)(F)C(F)(F)C(F)(F)F)C(F)(F)C(F)(F)C(F)(F)C(F)(F)C(F)(F)C(F)(F)C(F)(F)C(F)(F)F. The minimum atomic E-state index is -8.97. The van der Waals surface area contributed by atoms with Crippen LogP contribution in [0.25, 0.3) is 0 Å². The van der Waals surface area contributed by atoms with Crippen LogP contribution in [0.5, 0.6) is 0 Å². The fourth-order valence-corrected chi connectivity index (χ4v) is 4.20. The quantitative estimate of drug-likeness (QED) is 0.0791. The molecule has 0 aromatic heterocycles. The van der Waals surface area contributed by atoms with Gasteiger partial charge in [-0.3, -0.25) is 9.59 Å². The standard InChI is InChI=1S/C26H18F34N2O2/c27-11(28,13(31,32)15(35,36)17(39,40)19(43,44)21(47,48)23(51,52)25(55,56)57)9(63)61-7-5-3-1-2-4-6-8-62-10(64)12(29,30)14(33,34)16(37,38)18(41,42)20(45,46)22(49,50)24(53,54)26(58,59)60/h1-8H2,(H,61,63)(H,62,64). The molecule has 2 N–H and O–H groups in total. The summed E-state index contributed by atoms with van der Waals surface area (Å²) in [5.74, 6) is -127. The topological polar surface area (TPSA) is 58.2 Å². The van der Waals surface area contributed by atoms with E-state index in [-0.39, 0.29) is 0 Å². The van der Waals surface area contributed by atoms with E-state index in [4.69, 9.17) is 0 Å². The normalized spacial score (nSPS) is 16.0. The van der Waals surface area contributed by atoms with Crippen LogP contribution in [0.2, 0.25) is 0 Å². The lowest BCUT2D eigenvalue weighted by Gasteiger charge is -2.42. The van der Waals surface area contributed by atoms with Crippen molar-refractivity contribution in [3.8, 4) is 0 Å². The molecule has 0 saturated heterocycles. The first-order valence-corrected chi connectivity index (χ1v) is 15.5. The van der Waals surface area contributed by atoms with Crippen LogP contribution in [0.1, 0.15) is 38.5 Å². The van der Waals surface area contributed by atoms with Gasteiger partial charge in [-0.1, -0.05) is 25.7 Å². The minimum absolute atomic E-state index is 0.422. The molecule has 0 spiro atoms. The van der Waals surface area contributed by atoms with Gasteiger partial charge in [-0.2, -0.15) is 149 Å². The number of unbranched alkanes of at least 4 members (excludes halogenated alkanes) is 5. The molecule has 0 aromatic carbocycles. The molecule has 0 aromatic rings. The van der Waals surface area contributed by atoms with Crippen molar-refractivity contribution in [2.45, 2.75) is 134 Å². The summed E-state index contributed by atoms with van der Waals surface area (Å²) in [4.78, 5) is 22.8.